The van der Waals surface area contributed by atoms with E-state index in [9.17, 15) is 18.7 Å². The van der Waals surface area contributed by atoms with Crippen LogP contribution in [0.15, 0.2) is 0 Å². The van der Waals surface area contributed by atoms with E-state index in [1.807, 2.05) is 0 Å². The Hall–Kier alpha value is -0.750. The number of nitrogens with one attached hydrogen (secondary N) is 1. The fourth-order valence-corrected chi connectivity index (χ4v) is 2.66. The van der Waals surface area contributed by atoms with Crippen LogP contribution in [0, 0.1) is 5.92 Å². The normalized spacial score (nSPS) is 35.5. The van der Waals surface area contributed by atoms with Crippen molar-refractivity contribution in [2.75, 3.05) is 13.1 Å². The number of ether oxygens (including phenoxy) is 1. The number of hydrogen-bond donors (Lipinski definition) is 2. The zero-order chi connectivity index (χ0) is 13.2. The van der Waals surface area contributed by atoms with Gasteiger partial charge in [-0.3, -0.25) is 0 Å². The van der Waals surface area contributed by atoms with Gasteiger partial charge >= 0.3 is 11.9 Å². The van der Waals surface area contributed by atoms with Crippen molar-refractivity contribution in [3.8, 4) is 0 Å². The fraction of sp³-hybridized carbons (Fsp3) is 0.917. The summed E-state index contributed by atoms with van der Waals surface area (Å²) >= 11 is 0. The van der Waals surface area contributed by atoms with E-state index in [0.717, 1.165) is 25.7 Å². The maximum atomic E-state index is 12.9. The second kappa shape index (κ2) is 5.48. The number of rotatable bonds is 4. The minimum absolute atomic E-state index is 0.237. The van der Waals surface area contributed by atoms with Crippen molar-refractivity contribution in [1.29, 1.82) is 0 Å². The van der Waals surface area contributed by atoms with E-state index >= 15 is 0 Å². The summed E-state index contributed by atoms with van der Waals surface area (Å²) in [5, 5.41) is 12.6. The number of aliphatic hydroxyl groups is 1. The van der Waals surface area contributed by atoms with E-state index in [-0.39, 0.29) is 12.6 Å². The maximum Gasteiger partial charge on any atom is 0.377 e. The molecule has 0 aromatic heterocycles. The number of esters is 1. The van der Waals surface area contributed by atoms with E-state index in [4.69, 9.17) is 0 Å². The topological polar surface area (TPSA) is 58.6 Å². The van der Waals surface area contributed by atoms with Gasteiger partial charge in [-0.25, -0.2) is 4.79 Å². The molecule has 2 fully saturated rings. The summed E-state index contributed by atoms with van der Waals surface area (Å²) in [4.78, 5) is 10.8. The first kappa shape index (κ1) is 13.7. The molecule has 2 aliphatic rings. The molecule has 0 bridgehead atoms. The van der Waals surface area contributed by atoms with Gasteiger partial charge in [0, 0.05) is 6.54 Å². The number of carbonyl (C=O) groups excluding carboxylic acids is 1. The van der Waals surface area contributed by atoms with Crippen LogP contribution in [0.5, 0.6) is 0 Å². The molecule has 1 heterocycles. The van der Waals surface area contributed by atoms with Crippen LogP contribution >= 0.6 is 0 Å². The molecule has 2 rings (SSSR count). The second-order valence-corrected chi connectivity index (χ2v) is 5.28. The van der Waals surface area contributed by atoms with Gasteiger partial charge in [0.15, 0.2) is 0 Å². The Bertz CT molecular complexity index is 312. The zero-order valence-electron chi connectivity index (χ0n) is 10.2. The van der Waals surface area contributed by atoms with Crippen LogP contribution in [-0.2, 0) is 9.53 Å². The first-order chi connectivity index (χ1) is 8.47. The zero-order valence-corrected chi connectivity index (χ0v) is 10.2. The molecular weight excluding hydrogens is 244 g/mol. The highest BCUT2D eigenvalue weighted by Gasteiger charge is 2.50. The number of aliphatic hydroxyl groups excluding tert-OH is 1. The summed E-state index contributed by atoms with van der Waals surface area (Å²) in [6, 6.07) is 0. The third kappa shape index (κ3) is 3.38. The van der Waals surface area contributed by atoms with E-state index in [1.165, 1.54) is 0 Å². The number of halogens is 2. The number of alkyl halides is 2. The van der Waals surface area contributed by atoms with Crippen LogP contribution < -0.4 is 5.32 Å². The van der Waals surface area contributed by atoms with Crippen LogP contribution in [-0.4, -0.2) is 42.3 Å². The molecule has 3 unspecified atom stereocenters. The Morgan fingerprint density at radius 3 is 2.78 bits per heavy atom. The molecular formula is C12H19F2NO3. The highest BCUT2D eigenvalue weighted by atomic mass is 19.3. The summed E-state index contributed by atoms with van der Waals surface area (Å²) in [6.45, 7) is 0.935. The Balaban J connectivity index is 1.66. The molecule has 1 aliphatic heterocycles. The summed E-state index contributed by atoms with van der Waals surface area (Å²) in [5.74, 6) is -4.36. The standard InChI is InChI=1S/C12H19F2NO3/c13-12(14)5-10(18-11(12)17)7-15-6-8-2-1-3-9(16)4-8/h8-10,15-16H,1-7H2. The van der Waals surface area contributed by atoms with E-state index in [2.05, 4.69) is 10.1 Å². The molecule has 0 aromatic carbocycles. The molecule has 104 valence electrons. The van der Waals surface area contributed by atoms with Gasteiger partial charge in [-0.2, -0.15) is 8.78 Å². The van der Waals surface area contributed by atoms with Crippen LogP contribution in [0.2, 0.25) is 0 Å². The minimum atomic E-state index is -3.33. The largest absolute Gasteiger partial charge is 0.456 e. The van der Waals surface area contributed by atoms with Crippen molar-refractivity contribution in [2.24, 2.45) is 5.92 Å². The molecule has 1 saturated heterocycles. The SMILES string of the molecule is O=C1OC(CNCC2CCCC(O)C2)CC1(F)F. The third-order valence-corrected chi connectivity index (χ3v) is 3.62. The van der Waals surface area contributed by atoms with Gasteiger partial charge in [0.1, 0.15) is 6.10 Å². The summed E-state index contributed by atoms with van der Waals surface area (Å²) in [6.07, 6.45) is 2.15. The van der Waals surface area contributed by atoms with Crippen LogP contribution in [0.25, 0.3) is 0 Å². The van der Waals surface area contributed by atoms with Gasteiger partial charge in [-0.1, -0.05) is 6.42 Å². The van der Waals surface area contributed by atoms with Crippen molar-refractivity contribution < 1.29 is 23.4 Å². The average molecular weight is 263 g/mol. The van der Waals surface area contributed by atoms with Gasteiger partial charge in [0.05, 0.1) is 12.5 Å². The monoisotopic (exact) mass is 263 g/mol. The van der Waals surface area contributed by atoms with E-state index in [1.54, 1.807) is 0 Å². The Kier molecular flexibility index (Phi) is 4.17. The fourth-order valence-electron chi connectivity index (χ4n) is 2.66. The van der Waals surface area contributed by atoms with Crippen molar-refractivity contribution in [2.45, 2.75) is 50.2 Å². The molecule has 0 amide bonds. The average Bonchev–Trinajstić information content (AvgIpc) is 2.53. The molecule has 6 heteroatoms. The lowest BCUT2D eigenvalue weighted by Gasteiger charge is -2.26. The highest BCUT2D eigenvalue weighted by molar-refractivity contribution is 5.79. The minimum Gasteiger partial charge on any atom is -0.456 e. The molecule has 0 radical (unpaired) electrons. The molecule has 0 spiro atoms. The van der Waals surface area contributed by atoms with Crippen LogP contribution in [0.3, 0.4) is 0 Å². The lowest BCUT2D eigenvalue weighted by atomic mass is 9.87. The number of cyclic esters (lactones) is 1. The molecule has 4 nitrogen and oxygen atoms in total. The van der Waals surface area contributed by atoms with Gasteiger partial charge in [0.25, 0.3) is 0 Å². The first-order valence-electron chi connectivity index (χ1n) is 6.45. The van der Waals surface area contributed by atoms with Crippen molar-refractivity contribution in [3.05, 3.63) is 0 Å². The molecule has 1 aliphatic carbocycles. The highest BCUT2D eigenvalue weighted by Crippen LogP contribution is 2.30. The van der Waals surface area contributed by atoms with Crippen molar-refractivity contribution in [3.63, 3.8) is 0 Å². The second-order valence-electron chi connectivity index (χ2n) is 5.28. The lowest BCUT2D eigenvalue weighted by molar-refractivity contribution is -0.159. The number of carbonyl (C=O) groups is 1. The summed E-state index contributed by atoms with van der Waals surface area (Å²) < 4.78 is 30.4. The quantitative estimate of drug-likeness (QED) is 0.745. The van der Waals surface area contributed by atoms with E-state index < -0.39 is 24.4 Å². The third-order valence-electron chi connectivity index (χ3n) is 3.62. The van der Waals surface area contributed by atoms with E-state index in [0.29, 0.717) is 12.5 Å². The predicted molar refractivity (Wildman–Crippen MR) is 60.3 cm³/mol. The van der Waals surface area contributed by atoms with Gasteiger partial charge < -0.3 is 15.2 Å². The van der Waals surface area contributed by atoms with Crippen LogP contribution in [0.1, 0.15) is 32.1 Å². The molecule has 2 N–H and O–H groups in total. The summed E-state index contributed by atoms with van der Waals surface area (Å²) in [7, 11) is 0. The maximum absolute atomic E-state index is 12.9. The van der Waals surface area contributed by atoms with Gasteiger partial charge in [-0.15, -0.1) is 0 Å². The molecule has 1 saturated carbocycles. The molecule has 0 aromatic rings. The molecule has 18 heavy (non-hydrogen) atoms. The Morgan fingerprint density at radius 2 is 2.17 bits per heavy atom. The number of hydrogen-bond acceptors (Lipinski definition) is 4. The van der Waals surface area contributed by atoms with Crippen molar-refractivity contribution >= 4 is 5.97 Å². The lowest BCUT2D eigenvalue weighted by Crippen LogP contribution is -2.34. The predicted octanol–water partition coefficient (Wildman–Crippen LogP) is 1.08. The first-order valence-corrected chi connectivity index (χ1v) is 6.45. The Labute approximate surface area is 105 Å². The van der Waals surface area contributed by atoms with Crippen molar-refractivity contribution in [1.82, 2.24) is 5.32 Å². The smallest absolute Gasteiger partial charge is 0.377 e. The van der Waals surface area contributed by atoms with Gasteiger partial charge in [0.2, 0.25) is 0 Å². The van der Waals surface area contributed by atoms with Crippen LogP contribution in [0.4, 0.5) is 8.78 Å². The summed E-state index contributed by atoms with van der Waals surface area (Å²) in [5.41, 5.74) is 0. The Morgan fingerprint density at radius 1 is 1.39 bits per heavy atom. The van der Waals surface area contributed by atoms with Gasteiger partial charge in [-0.05, 0) is 31.7 Å². The molecule has 3 atom stereocenters.